The topological polar surface area (TPSA) is 26.0 Å². The van der Waals surface area contributed by atoms with E-state index < -0.39 is 0 Å². The van der Waals surface area contributed by atoms with Crippen molar-refractivity contribution in [1.82, 2.24) is 0 Å². The molecule has 2 N–H and O–H groups in total. The van der Waals surface area contributed by atoms with Crippen molar-refractivity contribution >= 4 is 11.8 Å². The van der Waals surface area contributed by atoms with Gasteiger partial charge in [-0.25, -0.2) is 4.39 Å². The van der Waals surface area contributed by atoms with Crippen molar-refractivity contribution in [3.8, 4) is 0 Å². The number of nitrogens with two attached hydrogens (primary N) is 1. The second kappa shape index (κ2) is 4.36. The lowest BCUT2D eigenvalue weighted by Gasteiger charge is -1.97. The lowest BCUT2D eigenvalue weighted by Crippen LogP contribution is -2.00. The third-order valence-corrected chi connectivity index (χ3v) is 2.21. The molecular weight excluding hydrogens is 161 g/mol. The molecule has 1 aromatic carbocycles. The first-order valence-electron chi connectivity index (χ1n) is 3.41. The fourth-order valence-electron chi connectivity index (χ4n) is 0.734. The van der Waals surface area contributed by atoms with Crippen LogP contribution in [0.1, 0.15) is 0 Å². The van der Waals surface area contributed by atoms with Crippen LogP contribution >= 0.6 is 11.8 Å². The van der Waals surface area contributed by atoms with Crippen LogP contribution in [0.4, 0.5) is 4.39 Å². The Balaban J connectivity index is 2.56. The smallest absolute Gasteiger partial charge is 0.124 e. The van der Waals surface area contributed by atoms with Crippen LogP contribution in [-0.4, -0.2) is 12.3 Å². The summed E-state index contributed by atoms with van der Waals surface area (Å²) in [5.74, 6) is 0.649. The van der Waals surface area contributed by atoms with Crippen molar-refractivity contribution in [2.24, 2.45) is 5.73 Å². The first kappa shape index (κ1) is 8.56. The number of hydrogen-bond acceptors (Lipinski definition) is 2. The summed E-state index contributed by atoms with van der Waals surface area (Å²) in [7, 11) is 0. The Morgan fingerprint density at radius 3 is 2.91 bits per heavy atom. The van der Waals surface area contributed by atoms with E-state index in [1.54, 1.807) is 17.8 Å². The molecule has 0 aromatic heterocycles. The third kappa shape index (κ3) is 2.91. The molecule has 0 atom stereocenters. The Hall–Kier alpha value is -0.540. The molecule has 0 amide bonds. The molecule has 3 heteroatoms. The summed E-state index contributed by atoms with van der Waals surface area (Å²) >= 11 is 1.57. The summed E-state index contributed by atoms with van der Waals surface area (Å²) in [5.41, 5.74) is 5.30. The van der Waals surface area contributed by atoms with Crippen LogP contribution in [0.25, 0.3) is 0 Å². The monoisotopic (exact) mass is 171 g/mol. The van der Waals surface area contributed by atoms with E-state index in [9.17, 15) is 4.39 Å². The van der Waals surface area contributed by atoms with Crippen LogP contribution in [0, 0.1) is 5.82 Å². The highest BCUT2D eigenvalue weighted by Crippen LogP contribution is 2.17. The summed E-state index contributed by atoms with van der Waals surface area (Å²) in [6.45, 7) is 0.626. The van der Waals surface area contributed by atoms with E-state index in [2.05, 4.69) is 0 Å². The van der Waals surface area contributed by atoms with Crippen molar-refractivity contribution in [2.75, 3.05) is 12.3 Å². The van der Waals surface area contributed by atoms with Crippen LogP contribution in [0.2, 0.25) is 0 Å². The number of halogens is 1. The minimum Gasteiger partial charge on any atom is -0.330 e. The summed E-state index contributed by atoms with van der Waals surface area (Å²) in [6.07, 6.45) is 0. The zero-order valence-corrected chi connectivity index (χ0v) is 6.90. The van der Waals surface area contributed by atoms with E-state index in [1.807, 2.05) is 6.07 Å². The predicted molar refractivity (Wildman–Crippen MR) is 46.2 cm³/mol. The van der Waals surface area contributed by atoms with Gasteiger partial charge in [0.15, 0.2) is 0 Å². The lowest BCUT2D eigenvalue weighted by atomic mass is 10.4. The van der Waals surface area contributed by atoms with Gasteiger partial charge in [0.05, 0.1) is 0 Å². The third-order valence-electron chi connectivity index (χ3n) is 1.18. The fourth-order valence-corrected chi connectivity index (χ4v) is 1.46. The second-order valence-electron chi connectivity index (χ2n) is 2.09. The molecule has 0 saturated heterocycles. The molecule has 0 heterocycles. The minimum absolute atomic E-state index is 0.188. The van der Waals surface area contributed by atoms with Crippen molar-refractivity contribution < 1.29 is 4.39 Å². The van der Waals surface area contributed by atoms with E-state index in [-0.39, 0.29) is 5.82 Å². The van der Waals surface area contributed by atoms with Gasteiger partial charge >= 0.3 is 0 Å². The Labute approximate surface area is 69.8 Å². The quantitative estimate of drug-likeness (QED) is 0.703. The molecule has 1 rings (SSSR count). The highest BCUT2D eigenvalue weighted by Gasteiger charge is 1.93. The Morgan fingerprint density at radius 2 is 2.27 bits per heavy atom. The molecule has 60 valence electrons. The molecule has 0 aliphatic heterocycles. The maximum Gasteiger partial charge on any atom is 0.124 e. The first-order chi connectivity index (χ1) is 5.33. The molecule has 0 radical (unpaired) electrons. The van der Waals surface area contributed by atoms with Gasteiger partial charge < -0.3 is 5.73 Å². The summed E-state index contributed by atoms with van der Waals surface area (Å²) in [6, 6.07) is 6.53. The Morgan fingerprint density at radius 1 is 1.45 bits per heavy atom. The van der Waals surface area contributed by atoms with Gasteiger partial charge in [-0.1, -0.05) is 6.07 Å². The molecule has 0 fully saturated rings. The van der Waals surface area contributed by atoms with Crippen LogP contribution in [-0.2, 0) is 0 Å². The van der Waals surface area contributed by atoms with E-state index in [0.717, 1.165) is 10.6 Å². The Bertz CT molecular complexity index is 227. The van der Waals surface area contributed by atoms with E-state index in [1.165, 1.54) is 12.1 Å². The maximum absolute atomic E-state index is 12.5. The molecule has 0 unspecified atom stereocenters. The van der Waals surface area contributed by atoms with Crippen LogP contribution in [0.3, 0.4) is 0 Å². The first-order valence-corrected chi connectivity index (χ1v) is 4.40. The van der Waals surface area contributed by atoms with E-state index in [4.69, 9.17) is 5.73 Å². The number of thioether (sulfide) groups is 1. The van der Waals surface area contributed by atoms with Gasteiger partial charge in [0.2, 0.25) is 0 Å². The summed E-state index contributed by atoms with van der Waals surface area (Å²) in [5, 5.41) is 0. The van der Waals surface area contributed by atoms with Crippen molar-refractivity contribution in [3.05, 3.63) is 30.1 Å². The van der Waals surface area contributed by atoms with Gasteiger partial charge in [0.25, 0.3) is 0 Å². The highest BCUT2D eigenvalue weighted by molar-refractivity contribution is 7.99. The molecule has 1 aromatic rings. The van der Waals surface area contributed by atoms with Crippen LogP contribution < -0.4 is 5.73 Å². The largest absolute Gasteiger partial charge is 0.330 e. The van der Waals surface area contributed by atoms with Crippen LogP contribution in [0.5, 0.6) is 0 Å². The van der Waals surface area contributed by atoms with Gasteiger partial charge in [0, 0.05) is 17.2 Å². The average Bonchev–Trinajstić information content (AvgIpc) is 2.01. The molecule has 0 saturated carbocycles. The molecule has 11 heavy (non-hydrogen) atoms. The standard InChI is InChI=1S/C8H10FNS/c9-7-2-1-3-8(6-7)11-5-4-10/h1-3,6H,4-5,10H2. The summed E-state index contributed by atoms with van der Waals surface area (Å²) in [4.78, 5) is 0.940. The van der Waals surface area contributed by atoms with Crippen LogP contribution in [0.15, 0.2) is 29.2 Å². The van der Waals surface area contributed by atoms with Gasteiger partial charge in [-0.15, -0.1) is 11.8 Å². The van der Waals surface area contributed by atoms with E-state index >= 15 is 0 Å². The Kier molecular flexibility index (Phi) is 3.39. The van der Waals surface area contributed by atoms with Gasteiger partial charge in [-0.3, -0.25) is 0 Å². The van der Waals surface area contributed by atoms with Gasteiger partial charge in [0.1, 0.15) is 5.82 Å². The molecule has 0 aliphatic rings. The number of rotatable bonds is 3. The lowest BCUT2D eigenvalue weighted by molar-refractivity contribution is 0.624. The number of benzene rings is 1. The second-order valence-corrected chi connectivity index (χ2v) is 3.26. The molecule has 1 nitrogen and oxygen atoms in total. The fraction of sp³-hybridized carbons (Fsp3) is 0.250. The van der Waals surface area contributed by atoms with Gasteiger partial charge in [-0.05, 0) is 18.2 Å². The minimum atomic E-state index is -0.188. The average molecular weight is 171 g/mol. The number of hydrogen-bond donors (Lipinski definition) is 1. The SMILES string of the molecule is NCCSc1cccc(F)c1. The molecular formula is C8H10FNS. The summed E-state index contributed by atoms with van der Waals surface area (Å²) < 4.78 is 12.5. The van der Waals surface area contributed by atoms with E-state index in [0.29, 0.717) is 6.54 Å². The molecule has 0 spiro atoms. The maximum atomic E-state index is 12.5. The highest BCUT2D eigenvalue weighted by atomic mass is 32.2. The molecule has 0 aliphatic carbocycles. The molecule has 0 bridgehead atoms. The zero-order valence-electron chi connectivity index (χ0n) is 6.09. The van der Waals surface area contributed by atoms with Crippen molar-refractivity contribution in [1.29, 1.82) is 0 Å². The van der Waals surface area contributed by atoms with Gasteiger partial charge in [-0.2, -0.15) is 0 Å². The van der Waals surface area contributed by atoms with Crippen molar-refractivity contribution in [3.63, 3.8) is 0 Å². The predicted octanol–water partition coefficient (Wildman–Crippen LogP) is 1.88. The zero-order chi connectivity index (χ0) is 8.10. The van der Waals surface area contributed by atoms with Crippen molar-refractivity contribution in [2.45, 2.75) is 4.90 Å². The normalized spacial score (nSPS) is 10.0.